The van der Waals surface area contributed by atoms with Crippen molar-refractivity contribution in [2.45, 2.75) is 56.3 Å². The first-order valence-corrected chi connectivity index (χ1v) is 9.79. The number of nitrogens with one attached hydrogen (secondary N) is 1. The Morgan fingerprint density at radius 1 is 1.19 bits per heavy atom. The predicted molar refractivity (Wildman–Crippen MR) is 95.2 cm³/mol. The quantitative estimate of drug-likeness (QED) is 0.622. The number of imide groups is 1. The number of likely N-dealkylation sites (tertiary alicyclic amines) is 1. The maximum absolute atomic E-state index is 13.5. The smallest absolute Gasteiger partial charge is 0.291 e. The summed E-state index contributed by atoms with van der Waals surface area (Å²) in [5, 5.41) is 15.0. The number of nitrogens with two attached hydrogens (primary N) is 1. The maximum atomic E-state index is 13.5. The SMILES string of the molecule is C[C@@H](O)[C@@H]1[NH2+][C@]2(C(=O)Nc3ccccc32)[C@@H]2C(=O)N(C3CCCC3)C(=O)[C@H]12. The van der Waals surface area contributed by atoms with E-state index in [1.54, 1.807) is 12.2 Å². The number of aliphatic hydroxyl groups is 1. The Kier molecular flexibility index (Phi) is 3.52. The average molecular weight is 370 g/mol. The second-order valence-corrected chi connectivity index (χ2v) is 8.34. The molecule has 1 spiro atoms. The number of amides is 3. The van der Waals surface area contributed by atoms with Gasteiger partial charge in [-0.25, -0.2) is 0 Å². The number of aliphatic hydroxyl groups excluding tert-OH is 1. The molecule has 2 saturated heterocycles. The number of carbonyl (C=O) groups is 3. The molecule has 3 heterocycles. The molecular weight excluding hydrogens is 346 g/mol. The minimum Gasteiger partial charge on any atom is -0.387 e. The highest BCUT2D eigenvalue weighted by Crippen LogP contribution is 2.50. The third kappa shape index (κ3) is 2.01. The number of carbonyl (C=O) groups excluding carboxylic acids is 3. The van der Waals surface area contributed by atoms with Gasteiger partial charge in [-0.2, -0.15) is 0 Å². The molecule has 7 heteroatoms. The summed E-state index contributed by atoms with van der Waals surface area (Å²) in [7, 11) is 0. The van der Waals surface area contributed by atoms with Crippen LogP contribution in [0.15, 0.2) is 24.3 Å². The molecule has 0 aromatic heterocycles. The molecule has 4 aliphatic rings. The van der Waals surface area contributed by atoms with Crippen LogP contribution in [0.2, 0.25) is 0 Å². The number of quaternary nitrogens is 1. The first-order chi connectivity index (χ1) is 13.0. The van der Waals surface area contributed by atoms with E-state index < -0.39 is 29.5 Å². The monoisotopic (exact) mass is 370 g/mol. The van der Waals surface area contributed by atoms with Gasteiger partial charge in [-0.3, -0.25) is 19.3 Å². The minimum absolute atomic E-state index is 0.0676. The third-order valence-electron chi connectivity index (χ3n) is 6.99. The average Bonchev–Trinajstić information content (AvgIpc) is 3.37. The van der Waals surface area contributed by atoms with Crippen LogP contribution in [0.3, 0.4) is 0 Å². The van der Waals surface area contributed by atoms with Gasteiger partial charge in [-0.05, 0) is 25.8 Å². The number of benzene rings is 1. The van der Waals surface area contributed by atoms with Crippen molar-refractivity contribution in [3.63, 3.8) is 0 Å². The molecule has 1 aromatic rings. The lowest BCUT2D eigenvalue weighted by Crippen LogP contribution is -3.00. The summed E-state index contributed by atoms with van der Waals surface area (Å²) in [5.41, 5.74) is 0.245. The molecular formula is C20H24N3O4+. The van der Waals surface area contributed by atoms with Gasteiger partial charge in [-0.1, -0.05) is 31.0 Å². The standard InChI is InChI=1S/C20H23N3O4/c1-10(24)16-14-15(18(26)23(17(14)25)11-6-2-3-7-11)20(22-16)12-8-4-5-9-13(12)21-19(20)27/h4-5,8-11,14-16,22,24H,2-3,6-7H2,1H3,(H,21,27)/p+1/t10-,14+,15+,16+,20+/m1/s1. The summed E-state index contributed by atoms with van der Waals surface area (Å²) in [5.74, 6) is -2.17. The zero-order valence-corrected chi connectivity index (χ0v) is 15.2. The van der Waals surface area contributed by atoms with Gasteiger partial charge in [0.1, 0.15) is 24.0 Å². The van der Waals surface area contributed by atoms with E-state index in [1.165, 1.54) is 4.90 Å². The molecule has 0 bridgehead atoms. The largest absolute Gasteiger partial charge is 0.387 e. The predicted octanol–water partition coefficient (Wildman–Crippen LogP) is -0.296. The van der Waals surface area contributed by atoms with Crippen molar-refractivity contribution in [2.24, 2.45) is 11.8 Å². The van der Waals surface area contributed by atoms with Gasteiger partial charge in [0.2, 0.25) is 17.4 Å². The van der Waals surface area contributed by atoms with Gasteiger partial charge in [0, 0.05) is 11.6 Å². The number of hydrogen-bond donors (Lipinski definition) is 3. The molecule has 1 saturated carbocycles. The lowest BCUT2D eigenvalue weighted by atomic mass is 9.76. The second kappa shape index (κ2) is 5.62. The molecule has 0 unspecified atom stereocenters. The highest BCUT2D eigenvalue weighted by Gasteiger charge is 2.75. The molecule has 5 rings (SSSR count). The highest BCUT2D eigenvalue weighted by atomic mass is 16.3. The summed E-state index contributed by atoms with van der Waals surface area (Å²) >= 11 is 0. The van der Waals surface area contributed by atoms with Crippen LogP contribution in [0.1, 0.15) is 38.2 Å². The number of anilines is 1. The van der Waals surface area contributed by atoms with Gasteiger partial charge >= 0.3 is 0 Å². The Morgan fingerprint density at radius 2 is 1.89 bits per heavy atom. The second-order valence-electron chi connectivity index (χ2n) is 8.34. The van der Waals surface area contributed by atoms with Gasteiger partial charge in [0.05, 0.1) is 5.69 Å². The first-order valence-electron chi connectivity index (χ1n) is 9.79. The summed E-state index contributed by atoms with van der Waals surface area (Å²) < 4.78 is 0. The molecule has 1 aliphatic carbocycles. The lowest BCUT2D eigenvalue weighted by Gasteiger charge is -2.29. The highest BCUT2D eigenvalue weighted by molar-refractivity contribution is 6.14. The van der Waals surface area contributed by atoms with E-state index in [0.29, 0.717) is 5.69 Å². The fraction of sp³-hybridized carbons (Fsp3) is 0.550. The van der Waals surface area contributed by atoms with E-state index in [9.17, 15) is 19.5 Å². The fourth-order valence-corrected chi connectivity index (χ4v) is 5.83. The molecule has 3 fully saturated rings. The fourth-order valence-electron chi connectivity index (χ4n) is 5.83. The van der Waals surface area contributed by atoms with Crippen LogP contribution in [0.25, 0.3) is 0 Å². The molecule has 3 aliphatic heterocycles. The van der Waals surface area contributed by atoms with Crippen molar-refractivity contribution in [3.05, 3.63) is 29.8 Å². The van der Waals surface area contributed by atoms with Gasteiger partial charge < -0.3 is 15.7 Å². The Bertz CT molecular complexity index is 847. The molecule has 5 atom stereocenters. The van der Waals surface area contributed by atoms with Crippen LogP contribution in [-0.2, 0) is 19.9 Å². The van der Waals surface area contributed by atoms with Crippen molar-refractivity contribution in [3.8, 4) is 0 Å². The van der Waals surface area contributed by atoms with Crippen molar-refractivity contribution in [1.82, 2.24) is 4.90 Å². The van der Waals surface area contributed by atoms with Crippen LogP contribution < -0.4 is 10.6 Å². The van der Waals surface area contributed by atoms with Crippen molar-refractivity contribution in [1.29, 1.82) is 0 Å². The van der Waals surface area contributed by atoms with E-state index in [1.807, 2.05) is 24.3 Å². The molecule has 4 N–H and O–H groups in total. The molecule has 1 aromatic carbocycles. The number of nitrogens with zero attached hydrogens (tertiary/aromatic N) is 1. The number of rotatable bonds is 2. The van der Waals surface area contributed by atoms with Crippen molar-refractivity contribution >= 4 is 23.4 Å². The molecule has 3 amide bonds. The lowest BCUT2D eigenvalue weighted by molar-refractivity contribution is -0.738. The normalized spacial score (nSPS) is 36.4. The van der Waals surface area contributed by atoms with Crippen LogP contribution in [0, 0.1) is 11.8 Å². The molecule has 142 valence electrons. The van der Waals surface area contributed by atoms with Gasteiger partial charge in [0.15, 0.2) is 0 Å². The van der Waals surface area contributed by atoms with Crippen LogP contribution in [0.4, 0.5) is 5.69 Å². The molecule has 7 nitrogen and oxygen atoms in total. The first kappa shape index (κ1) is 16.9. The number of para-hydroxylation sites is 1. The van der Waals surface area contributed by atoms with E-state index in [2.05, 4.69) is 5.32 Å². The number of fused-ring (bicyclic) bond motifs is 4. The summed E-state index contributed by atoms with van der Waals surface area (Å²) in [6, 6.07) is 6.76. The van der Waals surface area contributed by atoms with E-state index in [4.69, 9.17) is 0 Å². The van der Waals surface area contributed by atoms with E-state index in [-0.39, 0.29) is 23.8 Å². The zero-order valence-electron chi connectivity index (χ0n) is 15.2. The van der Waals surface area contributed by atoms with Crippen molar-refractivity contribution < 1.29 is 24.8 Å². The topological polar surface area (TPSA) is 103 Å². The van der Waals surface area contributed by atoms with Gasteiger partial charge in [0.25, 0.3) is 5.91 Å². The Morgan fingerprint density at radius 3 is 2.59 bits per heavy atom. The van der Waals surface area contributed by atoms with E-state index in [0.717, 1.165) is 31.2 Å². The summed E-state index contributed by atoms with van der Waals surface area (Å²) in [6.07, 6.45) is 2.87. The van der Waals surface area contributed by atoms with Crippen LogP contribution >= 0.6 is 0 Å². The Labute approximate surface area is 157 Å². The Balaban J connectivity index is 1.66. The maximum Gasteiger partial charge on any atom is 0.291 e. The minimum atomic E-state index is -1.18. The molecule has 27 heavy (non-hydrogen) atoms. The van der Waals surface area contributed by atoms with Crippen LogP contribution in [0.5, 0.6) is 0 Å². The van der Waals surface area contributed by atoms with E-state index >= 15 is 0 Å². The van der Waals surface area contributed by atoms with Gasteiger partial charge in [-0.15, -0.1) is 0 Å². The zero-order chi connectivity index (χ0) is 18.9. The van der Waals surface area contributed by atoms with Crippen LogP contribution in [-0.4, -0.2) is 45.9 Å². The third-order valence-corrected chi connectivity index (χ3v) is 6.99. The van der Waals surface area contributed by atoms with Crippen molar-refractivity contribution in [2.75, 3.05) is 5.32 Å². The number of hydrogen-bond acceptors (Lipinski definition) is 4. The summed E-state index contributed by atoms with van der Waals surface area (Å²) in [6.45, 7) is 1.63. The Hall–Kier alpha value is -2.25. The summed E-state index contributed by atoms with van der Waals surface area (Å²) in [4.78, 5) is 41.4. The molecule has 0 radical (unpaired) electrons.